The zero-order valence-corrected chi connectivity index (χ0v) is 21.4. The first-order valence-electron chi connectivity index (χ1n) is 11.9. The number of aliphatic hydroxyl groups excluding tert-OH is 1. The average Bonchev–Trinajstić information content (AvgIpc) is 2.81. The van der Waals surface area contributed by atoms with Crippen molar-refractivity contribution in [2.45, 2.75) is 58.1 Å². The fraction of sp³-hybridized carbons (Fsp3) is 0.500. The van der Waals surface area contributed by atoms with Crippen molar-refractivity contribution in [2.75, 3.05) is 32.0 Å². The van der Waals surface area contributed by atoms with E-state index in [1.54, 1.807) is 12.1 Å². The molecule has 34 heavy (non-hydrogen) atoms. The molecule has 0 saturated heterocycles. The van der Waals surface area contributed by atoms with E-state index in [-0.39, 0.29) is 5.91 Å². The first-order chi connectivity index (χ1) is 16.4. The third-order valence-corrected chi connectivity index (χ3v) is 6.13. The van der Waals surface area contributed by atoms with Crippen molar-refractivity contribution in [3.05, 3.63) is 63.1 Å². The summed E-state index contributed by atoms with van der Waals surface area (Å²) in [6, 6.07) is 11.6. The van der Waals surface area contributed by atoms with Gasteiger partial charge in [0.05, 0.1) is 21.8 Å². The molecule has 1 atom stereocenters. The predicted octanol–water partition coefficient (Wildman–Crippen LogP) is 5.04. The van der Waals surface area contributed by atoms with Crippen molar-refractivity contribution in [1.82, 2.24) is 10.6 Å². The molecule has 2 rings (SSSR count). The van der Waals surface area contributed by atoms with Crippen LogP contribution in [0.3, 0.4) is 0 Å². The van der Waals surface area contributed by atoms with Gasteiger partial charge < -0.3 is 26.2 Å². The molecule has 2 aromatic carbocycles. The SMILES string of the molecule is CC(=O)NCc1cccc(CCCOCCCCCCNCC(O)c2cc(Cl)c(N)c(Cl)c2)c1. The van der Waals surface area contributed by atoms with Crippen molar-refractivity contribution < 1.29 is 14.6 Å². The molecule has 0 heterocycles. The molecule has 2 aromatic rings. The fourth-order valence-electron chi connectivity index (χ4n) is 3.56. The van der Waals surface area contributed by atoms with Gasteiger partial charge in [-0.25, -0.2) is 0 Å². The number of amides is 1. The molecule has 5 N–H and O–H groups in total. The highest BCUT2D eigenvalue weighted by Crippen LogP contribution is 2.31. The van der Waals surface area contributed by atoms with E-state index in [4.69, 9.17) is 33.7 Å². The zero-order chi connectivity index (χ0) is 24.8. The van der Waals surface area contributed by atoms with Gasteiger partial charge in [-0.1, -0.05) is 60.3 Å². The smallest absolute Gasteiger partial charge is 0.217 e. The summed E-state index contributed by atoms with van der Waals surface area (Å²) in [5.41, 5.74) is 9.11. The number of unbranched alkanes of at least 4 members (excludes halogenated alkanes) is 3. The number of carbonyl (C=O) groups excluding carboxylic acids is 1. The molecular formula is C26H37Cl2N3O3. The highest BCUT2D eigenvalue weighted by atomic mass is 35.5. The summed E-state index contributed by atoms with van der Waals surface area (Å²) in [6.07, 6.45) is 5.62. The number of nitrogen functional groups attached to an aromatic ring is 1. The summed E-state index contributed by atoms with van der Waals surface area (Å²) in [4.78, 5) is 11.0. The number of hydrogen-bond acceptors (Lipinski definition) is 5. The third kappa shape index (κ3) is 11.1. The van der Waals surface area contributed by atoms with Crippen LogP contribution in [0.1, 0.15) is 61.8 Å². The van der Waals surface area contributed by atoms with E-state index in [1.807, 2.05) is 12.1 Å². The summed E-state index contributed by atoms with van der Waals surface area (Å²) in [5, 5.41) is 17.1. The Morgan fingerprint density at radius 2 is 1.71 bits per heavy atom. The molecular weight excluding hydrogens is 473 g/mol. The van der Waals surface area contributed by atoms with Crippen molar-refractivity contribution >= 4 is 34.8 Å². The lowest BCUT2D eigenvalue weighted by molar-refractivity contribution is -0.119. The van der Waals surface area contributed by atoms with Gasteiger partial charge in [0.1, 0.15) is 0 Å². The maximum atomic E-state index is 11.0. The number of aliphatic hydroxyl groups is 1. The first-order valence-corrected chi connectivity index (χ1v) is 12.7. The van der Waals surface area contributed by atoms with E-state index in [0.717, 1.165) is 63.8 Å². The van der Waals surface area contributed by atoms with Crippen LogP contribution < -0.4 is 16.4 Å². The Kier molecular flexibility index (Phi) is 13.3. The molecule has 0 aliphatic heterocycles. The van der Waals surface area contributed by atoms with Crippen molar-refractivity contribution in [3.63, 3.8) is 0 Å². The minimum atomic E-state index is -0.677. The lowest BCUT2D eigenvalue weighted by Crippen LogP contribution is -2.22. The van der Waals surface area contributed by atoms with Gasteiger partial charge in [0.15, 0.2) is 0 Å². The molecule has 0 spiro atoms. The summed E-state index contributed by atoms with van der Waals surface area (Å²) >= 11 is 12.1. The Hall–Kier alpha value is -1.83. The topological polar surface area (TPSA) is 96.6 Å². The Morgan fingerprint density at radius 1 is 1.03 bits per heavy atom. The number of rotatable bonds is 16. The van der Waals surface area contributed by atoms with E-state index in [9.17, 15) is 9.90 Å². The maximum absolute atomic E-state index is 11.0. The van der Waals surface area contributed by atoms with Crippen molar-refractivity contribution in [2.24, 2.45) is 0 Å². The number of anilines is 1. The molecule has 8 heteroatoms. The van der Waals surface area contributed by atoms with Gasteiger partial charge in [0, 0.05) is 33.2 Å². The van der Waals surface area contributed by atoms with Crippen LogP contribution in [-0.2, 0) is 22.5 Å². The molecule has 0 aromatic heterocycles. The number of aryl methyl sites for hydroxylation is 1. The Labute approximate surface area is 213 Å². The summed E-state index contributed by atoms with van der Waals surface area (Å²) in [6.45, 7) is 4.93. The molecule has 0 aliphatic rings. The normalized spacial score (nSPS) is 12.0. The molecule has 0 radical (unpaired) electrons. The van der Waals surface area contributed by atoms with E-state index >= 15 is 0 Å². The number of carbonyl (C=O) groups is 1. The molecule has 0 bridgehead atoms. The van der Waals surface area contributed by atoms with Gasteiger partial charge in [-0.3, -0.25) is 4.79 Å². The average molecular weight is 511 g/mol. The molecule has 188 valence electrons. The second-order valence-corrected chi connectivity index (χ2v) is 9.29. The molecule has 1 unspecified atom stereocenters. The standard InChI is InChI=1S/C26H37Cl2N3O3/c1-19(32)31-17-21-9-6-8-20(14-21)10-7-13-34-12-5-3-2-4-11-30-18-25(33)22-15-23(27)26(29)24(28)16-22/h6,8-9,14-16,25,30,33H,2-5,7,10-13,17-18,29H2,1H3,(H,31,32). The number of hydrogen-bond donors (Lipinski definition) is 4. The monoisotopic (exact) mass is 509 g/mol. The molecule has 0 saturated carbocycles. The van der Waals surface area contributed by atoms with Gasteiger partial charge in [-0.05, 0) is 61.1 Å². The van der Waals surface area contributed by atoms with E-state index < -0.39 is 6.10 Å². The molecule has 6 nitrogen and oxygen atoms in total. The first kappa shape index (κ1) is 28.4. The minimum absolute atomic E-state index is 0.0141. The van der Waals surface area contributed by atoms with Crippen molar-refractivity contribution in [1.29, 1.82) is 0 Å². The largest absolute Gasteiger partial charge is 0.396 e. The fourth-order valence-corrected chi connectivity index (χ4v) is 4.07. The van der Waals surface area contributed by atoms with Crippen LogP contribution in [0.2, 0.25) is 10.0 Å². The number of halogens is 2. The highest BCUT2D eigenvalue weighted by Gasteiger charge is 2.11. The van der Waals surface area contributed by atoms with Gasteiger partial charge in [-0.15, -0.1) is 0 Å². The van der Waals surface area contributed by atoms with Crippen LogP contribution in [0.5, 0.6) is 0 Å². The van der Waals surface area contributed by atoms with Crippen LogP contribution in [0.15, 0.2) is 36.4 Å². The second kappa shape index (κ2) is 16.0. The van der Waals surface area contributed by atoms with Gasteiger partial charge >= 0.3 is 0 Å². The van der Waals surface area contributed by atoms with Gasteiger partial charge in [0.2, 0.25) is 5.91 Å². The summed E-state index contributed by atoms with van der Waals surface area (Å²) in [5.74, 6) is -0.0141. The van der Waals surface area contributed by atoms with Crippen molar-refractivity contribution in [3.8, 4) is 0 Å². The van der Waals surface area contributed by atoms with Crippen LogP contribution >= 0.6 is 23.2 Å². The Morgan fingerprint density at radius 3 is 2.44 bits per heavy atom. The van der Waals surface area contributed by atoms with Gasteiger partial charge in [0.25, 0.3) is 0 Å². The lowest BCUT2D eigenvalue weighted by Gasteiger charge is -2.14. The Bertz CT molecular complexity index is 872. The highest BCUT2D eigenvalue weighted by molar-refractivity contribution is 6.38. The lowest BCUT2D eigenvalue weighted by atomic mass is 10.1. The molecule has 0 aliphatic carbocycles. The summed E-state index contributed by atoms with van der Waals surface area (Å²) < 4.78 is 5.76. The molecule has 1 amide bonds. The summed E-state index contributed by atoms with van der Waals surface area (Å²) in [7, 11) is 0. The van der Waals surface area contributed by atoms with E-state index in [1.165, 1.54) is 12.5 Å². The van der Waals surface area contributed by atoms with Crippen LogP contribution in [0, 0.1) is 0 Å². The van der Waals surface area contributed by atoms with Gasteiger partial charge in [-0.2, -0.15) is 0 Å². The Balaban J connectivity index is 1.44. The minimum Gasteiger partial charge on any atom is -0.396 e. The maximum Gasteiger partial charge on any atom is 0.217 e. The quantitative estimate of drug-likeness (QED) is 0.187. The predicted molar refractivity (Wildman–Crippen MR) is 140 cm³/mol. The number of nitrogens with two attached hydrogens (primary N) is 1. The van der Waals surface area contributed by atoms with E-state index in [2.05, 4.69) is 22.8 Å². The van der Waals surface area contributed by atoms with Crippen LogP contribution in [0.25, 0.3) is 0 Å². The number of ether oxygens (including phenoxy) is 1. The van der Waals surface area contributed by atoms with E-state index in [0.29, 0.717) is 34.4 Å². The zero-order valence-electron chi connectivity index (χ0n) is 19.9. The second-order valence-electron chi connectivity index (χ2n) is 8.48. The molecule has 0 fully saturated rings. The number of nitrogens with one attached hydrogen (secondary N) is 2. The third-order valence-electron chi connectivity index (χ3n) is 5.50. The number of benzene rings is 2. The van der Waals surface area contributed by atoms with Crippen LogP contribution in [0.4, 0.5) is 5.69 Å². The van der Waals surface area contributed by atoms with Crippen LogP contribution in [-0.4, -0.2) is 37.3 Å².